The van der Waals surface area contributed by atoms with Crippen LogP contribution in [-0.4, -0.2) is 48.1 Å². The molecule has 2 rings (SSSR count). The SMILES string of the molecule is O=C(NCC(=O)N1CCCC(CO)C1)c1ccc(F)c(F)c1. The maximum Gasteiger partial charge on any atom is 0.251 e. The predicted molar refractivity (Wildman–Crippen MR) is 75.1 cm³/mol. The van der Waals surface area contributed by atoms with Crippen LogP contribution in [0.5, 0.6) is 0 Å². The van der Waals surface area contributed by atoms with Crippen LogP contribution in [0, 0.1) is 17.6 Å². The Morgan fingerprint density at radius 2 is 2.09 bits per heavy atom. The van der Waals surface area contributed by atoms with Gasteiger partial charge in [0, 0.05) is 25.3 Å². The molecule has 1 aromatic carbocycles. The molecule has 1 aliphatic heterocycles. The number of aliphatic hydroxyl groups excluding tert-OH is 1. The zero-order valence-corrected chi connectivity index (χ0v) is 12.0. The molecular formula is C15H18F2N2O3. The molecule has 1 heterocycles. The van der Waals surface area contributed by atoms with E-state index in [2.05, 4.69) is 5.32 Å². The smallest absolute Gasteiger partial charge is 0.251 e. The molecular weight excluding hydrogens is 294 g/mol. The van der Waals surface area contributed by atoms with Gasteiger partial charge in [-0.05, 0) is 37.0 Å². The second kappa shape index (κ2) is 7.31. The van der Waals surface area contributed by atoms with Crippen molar-refractivity contribution in [2.75, 3.05) is 26.2 Å². The maximum absolute atomic E-state index is 13.1. The lowest BCUT2D eigenvalue weighted by molar-refractivity contribution is -0.132. The van der Waals surface area contributed by atoms with E-state index in [0.29, 0.717) is 13.1 Å². The lowest BCUT2D eigenvalue weighted by atomic mass is 9.99. The van der Waals surface area contributed by atoms with E-state index in [4.69, 9.17) is 5.11 Å². The molecule has 0 aliphatic carbocycles. The Morgan fingerprint density at radius 3 is 2.77 bits per heavy atom. The number of carbonyl (C=O) groups excluding carboxylic acids is 2. The molecule has 5 nitrogen and oxygen atoms in total. The Kier molecular flexibility index (Phi) is 5.43. The molecule has 1 atom stereocenters. The van der Waals surface area contributed by atoms with E-state index in [0.717, 1.165) is 31.0 Å². The number of amides is 2. The number of benzene rings is 1. The predicted octanol–water partition coefficient (Wildman–Crippen LogP) is 0.925. The Hall–Kier alpha value is -2.02. The van der Waals surface area contributed by atoms with Crippen molar-refractivity contribution >= 4 is 11.8 Å². The fourth-order valence-corrected chi connectivity index (χ4v) is 2.45. The Balaban J connectivity index is 1.87. The first-order chi connectivity index (χ1) is 10.5. The quantitative estimate of drug-likeness (QED) is 0.869. The molecule has 1 fully saturated rings. The van der Waals surface area contributed by atoms with E-state index in [9.17, 15) is 18.4 Å². The summed E-state index contributed by atoms with van der Waals surface area (Å²) < 4.78 is 25.9. The molecule has 22 heavy (non-hydrogen) atoms. The fourth-order valence-electron chi connectivity index (χ4n) is 2.45. The van der Waals surface area contributed by atoms with E-state index in [1.807, 2.05) is 0 Å². The van der Waals surface area contributed by atoms with Gasteiger partial charge in [-0.2, -0.15) is 0 Å². The van der Waals surface area contributed by atoms with E-state index in [1.165, 1.54) is 0 Å². The normalized spacial score (nSPS) is 18.1. The van der Waals surface area contributed by atoms with Gasteiger partial charge in [0.1, 0.15) is 0 Å². The summed E-state index contributed by atoms with van der Waals surface area (Å²) in [6.45, 7) is 0.883. The minimum Gasteiger partial charge on any atom is -0.396 e. The van der Waals surface area contributed by atoms with Crippen LogP contribution in [0.2, 0.25) is 0 Å². The van der Waals surface area contributed by atoms with Gasteiger partial charge in [-0.25, -0.2) is 8.78 Å². The summed E-state index contributed by atoms with van der Waals surface area (Å²) in [6, 6.07) is 2.81. The van der Waals surface area contributed by atoms with Crippen LogP contribution in [0.15, 0.2) is 18.2 Å². The second-order valence-corrected chi connectivity index (χ2v) is 5.34. The lowest BCUT2D eigenvalue weighted by Gasteiger charge is -2.31. The first-order valence-corrected chi connectivity index (χ1v) is 7.13. The number of hydrogen-bond donors (Lipinski definition) is 2. The van der Waals surface area contributed by atoms with Crippen LogP contribution >= 0.6 is 0 Å². The lowest BCUT2D eigenvalue weighted by Crippen LogP contribution is -2.45. The summed E-state index contributed by atoms with van der Waals surface area (Å²) in [5, 5.41) is 11.5. The monoisotopic (exact) mass is 312 g/mol. The first-order valence-electron chi connectivity index (χ1n) is 7.13. The molecule has 0 bridgehead atoms. The molecule has 1 aliphatic rings. The summed E-state index contributed by atoms with van der Waals surface area (Å²) in [7, 11) is 0. The van der Waals surface area contributed by atoms with Gasteiger partial charge in [0.05, 0.1) is 6.54 Å². The number of likely N-dealkylation sites (tertiary alicyclic amines) is 1. The summed E-state index contributed by atoms with van der Waals surface area (Å²) >= 11 is 0. The van der Waals surface area contributed by atoms with Crippen molar-refractivity contribution in [1.29, 1.82) is 0 Å². The minimum atomic E-state index is -1.11. The third kappa shape index (κ3) is 4.00. The zero-order valence-electron chi connectivity index (χ0n) is 12.0. The number of nitrogens with zero attached hydrogens (tertiary/aromatic N) is 1. The summed E-state index contributed by atoms with van der Waals surface area (Å²) in [5.74, 6) is -2.96. The Bertz CT molecular complexity index is 566. The number of piperidine rings is 1. The van der Waals surface area contributed by atoms with Crippen LogP contribution in [-0.2, 0) is 4.79 Å². The molecule has 2 amide bonds. The van der Waals surface area contributed by atoms with Crippen molar-refractivity contribution in [1.82, 2.24) is 10.2 Å². The van der Waals surface area contributed by atoms with Crippen molar-refractivity contribution < 1.29 is 23.5 Å². The fraction of sp³-hybridized carbons (Fsp3) is 0.467. The second-order valence-electron chi connectivity index (χ2n) is 5.34. The topological polar surface area (TPSA) is 69.6 Å². The van der Waals surface area contributed by atoms with Crippen molar-refractivity contribution in [2.45, 2.75) is 12.8 Å². The zero-order chi connectivity index (χ0) is 16.1. The highest BCUT2D eigenvalue weighted by Crippen LogP contribution is 2.15. The number of nitrogens with one attached hydrogen (secondary N) is 1. The summed E-state index contributed by atoms with van der Waals surface area (Å²) in [6.07, 6.45) is 1.69. The number of hydrogen-bond acceptors (Lipinski definition) is 3. The third-order valence-corrected chi connectivity index (χ3v) is 3.71. The van der Waals surface area contributed by atoms with Crippen LogP contribution in [0.4, 0.5) is 8.78 Å². The first kappa shape index (κ1) is 16.4. The van der Waals surface area contributed by atoms with Gasteiger partial charge < -0.3 is 15.3 Å². The molecule has 0 radical (unpaired) electrons. The number of halogens is 2. The van der Waals surface area contributed by atoms with Gasteiger partial charge in [0.2, 0.25) is 5.91 Å². The molecule has 1 saturated heterocycles. The van der Waals surface area contributed by atoms with Crippen LogP contribution < -0.4 is 5.32 Å². The maximum atomic E-state index is 13.1. The molecule has 120 valence electrons. The summed E-state index contributed by atoms with van der Waals surface area (Å²) in [4.78, 5) is 25.4. The van der Waals surface area contributed by atoms with Gasteiger partial charge >= 0.3 is 0 Å². The van der Waals surface area contributed by atoms with Gasteiger partial charge in [0.15, 0.2) is 11.6 Å². The average Bonchev–Trinajstić information content (AvgIpc) is 2.54. The number of rotatable bonds is 4. The van der Waals surface area contributed by atoms with E-state index >= 15 is 0 Å². The van der Waals surface area contributed by atoms with E-state index in [-0.39, 0.29) is 30.5 Å². The molecule has 0 saturated carbocycles. The van der Waals surface area contributed by atoms with Gasteiger partial charge in [-0.3, -0.25) is 9.59 Å². The highest BCUT2D eigenvalue weighted by Gasteiger charge is 2.23. The highest BCUT2D eigenvalue weighted by molar-refractivity contribution is 5.96. The molecule has 2 N–H and O–H groups in total. The molecule has 0 spiro atoms. The largest absolute Gasteiger partial charge is 0.396 e. The molecule has 1 aromatic rings. The van der Waals surface area contributed by atoms with Gasteiger partial charge in [-0.15, -0.1) is 0 Å². The van der Waals surface area contributed by atoms with Crippen molar-refractivity contribution in [3.63, 3.8) is 0 Å². The Morgan fingerprint density at radius 1 is 1.32 bits per heavy atom. The molecule has 7 heteroatoms. The van der Waals surface area contributed by atoms with Crippen LogP contribution in [0.1, 0.15) is 23.2 Å². The van der Waals surface area contributed by atoms with Gasteiger partial charge in [-0.1, -0.05) is 0 Å². The van der Waals surface area contributed by atoms with Crippen LogP contribution in [0.25, 0.3) is 0 Å². The van der Waals surface area contributed by atoms with Crippen molar-refractivity contribution in [2.24, 2.45) is 5.92 Å². The third-order valence-electron chi connectivity index (χ3n) is 3.71. The Labute approximate surface area is 126 Å². The molecule has 1 unspecified atom stereocenters. The van der Waals surface area contributed by atoms with Crippen LogP contribution in [0.3, 0.4) is 0 Å². The summed E-state index contributed by atoms with van der Waals surface area (Å²) in [5.41, 5.74) is -0.0430. The van der Waals surface area contributed by atoms with E-state index in [1.54, 1.807) is 4.90 Å². The average molecular weight is 312 g/mol. The van der Waals surface area contributed by atoms with Crippen molar-refractivity contribution in [3.05, 3.63) is 35.4 Å². The van der Waals surface area contributed by atoms with E-state index < -0.39 is 17.5 Å². The minimum absolute atomic E-state index is 0.0327. The highest BCUT2D eigenvalue weighted by atomic mass is 19.2. The molecule has 0 aromatic heterocycles. The standard InChI is InChI=1S/C15H18F2N2O3/c16-12-4-3-11(6-13(12)17)15(22)18-7-14(21)19-5-1-2-10(8-19)9-20/h3-4,6,10,20H,1-2,5,7-9H2,(H,18,22). The van der Waals surface area contributed by atoms with Crippen molar-refractivity contribution in [3.8, 4) is 0 Å². The number of carbonyl (C=O) groups is 2. The number of aliphatic hydroxyl groups is 1. The van der Waals surface area contributed by atoms with Gasteiger partial charge in [0.25, 0.3) is 5.91 Å².